The number of imidazole rings is 1. The van der Waals surface area contributed by atoms with E-state index < -0.39 is 0 Å². The Morgan fingerprint density at radius 2 is 2.00 bits per heavy atom. The van der Waals surface area contributed by atoms with E-state index in [4.69, 9.17) is 5.41 Å². The molecule has 0 amide bonds. The fourth-order valence-electron chi connectivity index (χ4n) is 5.60. The van der Waals surface area contributed by atoms with Crippen molar-refractivity contribution < 1.29 is 0 Å². The predicted octanol–water partition coefficient (Wildman–Crippen LogP) is 7.58. The molecule has 0 bridgehead atoms. The number of aromatic nitrogens is 2. The van der Waals surface area contributed by atoms with Crippen LogP contribution in [0.15, 0.2) is 77.8 Å². The Hall–Kier alpha value is -4.24. The molecule has 1 aliphatic rings. The van der Waals surface area contributed by atoms with Gasteiger partial charge in [0, 0.05) is 48.5 Å². The van der Waals surface area contributed by atoms with Crippen LogP contribution in [0.5, 0.6) is 0 Å². The van der Waals surface area contributed by atoms with E-state index in [2.05, 4.69) is 64.0 Å². The maximum atomic E-state index is 10.3. The third-order valence-electron chi connectivity index (χ3n) is 7.52. The Bertz CT molecular complexity index is 1360. The lowest BCUT2D eigenvalue weighted by molar-refractivity contribution is 0.321. The Kier molecular flexibility index (Phi) is 9.05. The standard InChI is InChI=1S/C32H36N6/c1-23(18-24-10-13-27(14-11-24)37-17-7-16-33)29(20-34)28-19-26(12-15-30(28)35-2)32(25-8-5-4-6-9-25)31-21-36-22-38(31)3/h7,10-17,19,21-22,25,32-33,37H,2,4-6,8-9,18H2,1,3H3/b17-7-,29-23+,33-16?. The normalized spacial score (nSPS) is 15.5. The summed E-state index contributed by atoms with van der Waals surface area (Å²) in [5.74, 6) is 0.772. The Morgan fingerprint density at radius 1 is 1.24 bits per heavy atom. The van der Waals surface area contributed by atoms with Gasteiger partial charge >= 0.3 is 0 Å². The molecule has 0 radical (unpaired) electrons. The maximum Gasteiger partial charge on any atom is 0.0998 e. The zero-order valence-corrected chi connectivity index (χ0v) is 22.3. The number of aryl methyl sites for hydroxylation is 1. The van der Waals surface area contributed by atoms with E-state index in [1.807, 2.05) is 37.6 Å². The zero-order chi connectivity index (χ0) is 26.9. The smallest absolute Gasteiger partial charge is 0.0998 e. The zero-order valence-electron chi connectivity index (χ0n) is 22.3. The van der Waals surface area contributed by atoms with Gasteiger partial charge < -0.3 is 15.3 Å². The number of hydrogen-bond donors (Lipinski definition) is 2. The lowest BCUT2D eigenvalue weighted by Crippen LogP contribution is -2.20. The van der Waals surface area contributed by atoms with E-state index in [9.17, 15) is 5.26 Å². The van der Waals surface area contributed by atoms with Gasteiger partial charge in [0.1, 0.15) is 0 Å². The van der Waals surface area contributed by atoms with Crippen LogP contribution in [-0.4, -0.2) is 22.5 Å². The number of nitrogens with one attached hydrogen (secondary N) is 2. The van der Waals surface area contributed by atoms with Crippen molar-refractivity contribution in [1.29, 1.82) is 10.7 Å². The first-order valence-corrected chi connectivity index (χ1v) is 13.2. The minimum absolute atomic E-state index is 0.224. The largest absolute Gasteiger partial charge is 0.362 e. The summed E-state index contributed by atoms with van der Waals surface area (Å²) in [6, 6.07) is 16.9. The molecule has 194 valence electrons. The second-order valence-corrected chi connectivity index (χ2v) is 10.1. The van der Waals surface area contributed by atoms with Crippen LogP contribution in [0.3, 0.4) is 0 Å². The lowest BCUT2D eigenvalue weighted by atomic mass is 9.75. The van der Waals surface area contributed by atoms with Crippen molar-refractivity contribution in [2.75, 3.05) is 5.32 Å². The van der Waals surface area contributed by atoms with Gasteiger partial charge in [0.15, 0.2) is 0 Å². The summed E-state index contributed by atoms with van der Waals surface area (Å²) in [4.78, 5) is 8.71. The number of allylic oxidation sites excluding steroid dienone is 3. The molecular weight excluding hydrogens is 468 g/mol. The Labute approximate surface area is 226 Å². The second-order valence-electron chi connectivity index (χ2n) is 10.1. The molecule has 6 nitrogen and oxygen atoms in total. The predicted molar refractivity (Wildman–Crippen MR) is 157 cm³/mol. The van der Waals surface area contributed by atoms with E-state index >= 15 is 0 Å². The first-order chi connectivity index (χ1) is 18.5. The highest BCUT2D eigenvalue weighted by Crippen LogP contribution is 2.42. The molecule has 1 heterocycles. The van der Waals surface area contributed by atoms with Crippen LogP contribution >= 0.6 is 0 Å². The third-order valence-corrected chi connectivity index (χ3v) is 7.52. The van der Waals surface area contributed by atoms with Crippen LogP contribution in [0.4, 0.5) is 11.4 Å². The molecule has 0 spiro atoms. The van der Waals surface area contributed by atoms with Crippen LogP contribution in [0.25, 0.3) is 5.57 Å². The molecule has 1 atom stereocenters. The molecule has 0 aliphatic heterocycles. The van der Waals surface area contributed by atoms with E-state index in [1.54, 1.807) is 12.3 Å². The summed E-state index contributed by atoms with van der Waals surface area (Å²) >= 11 is 0. The van der Waals surface area contributed by atoms with Gasteiger partial charge in [-0.2, -0.15) is 5.26 Å². The highest BCUT2D eigenvalue weighted by molar-refractivity contribution is 5.86. The molecule has 1 saturated carbocycles. The van der Waals surface area contributed by atoms with Crippen molar-refractivity contribution in [2.45, 2.75) is 51.4 Å². The molecule has 2 aromatic carbocycles. The number of anilines is 1. The first-order valence-electron chi connectivity index (χ1n) is 13.2. The lowest BCUT2D eigenvalue weighted by Gasteiger charge is -2.31. The third kappa shape index (κ3) is 6.18. The van der Waals surface area contributed by atoms with Gasteiger partial charge in [-0.1, -0.05) is 43.0 Å². The van der Waals surface area contributed by atoms with Gasteiger partial charge in [-0.25, -0.2) is 4.98 Å². The quantitative estimate of drug-likeness (QED) is 0.220. The summed E-state index contributed by atoms with van der Waals surface area (Å²) in [5, 5.41) is 20.5. The summed E-state index contributed by atoms with van der Waals surface area (Å²) < 4.78 is 2.13. The fourth-order valence-corrected chi connectivity index (χ4v) is 5.60. The molecule has 3 aromatic rings. The Morgan fingerprint density at radius 3 is 2.63 bits per heavy atom. The fraction of sp³-hybridized carbons (Fsp3) is 0.312. The molecular formula is C32H36N6. The minimum Gasteiger partial charge on any atom is -0.362 e. The summed E-state index contributed by atoms with van der Waals surface area (Å²) in [6.07, 6.45) is 15.3. The molecule has 1 aliphatic carbocycles. The van der Waals surface area contributed by atoms with E-state index in [-0.39, 0.29) is 5.92 Å². The maximum absolute atomic E-state index is 10.3. The van der Waals surface area contributed by atoms with Crippen molar-refractivity contribution in [2.24, 2.45) is 18.0 Å². The summed E-state index contributed by atoms with van der Waals surface area (Å²) in [6.45, 7) is 5.82. The van der Waals surface area contributed by atoms with Gasteiger partial charge in [0.2, 0.25) is 0 Å². The number of nitriles is 1. The van der Waals surface area contributed by atoms with Crippen molar-refractivity contribution in [3.63, 3.8) is 0 Å². The highest BCUT2D eigenvalue weighted by Gasteiger charge is 2.29. The van der Waals surface area contributed by atoms with Crippen LogP contribution in [0, 0.1) is 22.7 Å². The van der Waals surface area contributed by atoms with Crippen LogP contribution < -0.4 is 5.32 Å². The van der Waals surface area contributed by atoms with Crippen molar-refractivity contribution in [3.05, 3.63) is 95.2 Å². The summed E-state index contributed by atoms with van der Waals surface area (Å²) in [5.41, 5.74) is 7.71. The van der Waals surface area contributed by atoms with Gasteiger partial charge in [-0.05, 0) is 80.3 Å². The van der Waals surface area contributed by atoms with Crippen molar-refractivity contribution >= 4 is 29.9 Å². The first kappa shape index (κ1) is 26.8. The van der Waals surface area contributed by atoms with E-state index in [0.717, 1.165) is 28.1 Å². The number of nitrogens with zero attached hydrogens (tertiary/aromatic N) is 4. The molecule has 6 heteroatoms. The van der Waals surface area contributed by atoms with E-state index in [1.165, 1.54) is 49.6 Å². The van der Waals surface area contributed by atoms with Crippen molar-refractivity contribution in [1.82, 2.24) is 9.55 Å². The highest BCUT2D eigenvalue weighted by atomic mass is 15.0. The number of hydrogen-bond acceptors (Lipinski definition) is 5. The molecule has 4 rings (SSSR count). The number of benzene rings is 2. The molecule has 2 N–H and O–H groups in total. The topological polar surface area (TPSA) is 89.8 Å². The average Bonchev–Trinajstić information content (AvgIpc) is 3.36. The van der Waals surface area contributed by atoms with Gasteiger partial charge in [0.05, 0.1) is 23.7 Å². The van der Waals surface area contributed by atoms with Crippen LogP contribution in [0.1, 0.15) is 67.3 Å². The molecule has 0 saturated heterocycles. The second kappa shape index (κ2) is 12.8. The number of aliphatic imine (C=N–C) groups is 1. The van der Waals surface area contributed by atoms with Gasteiger partial charge in [-0.3, -0.25) is 4.99 Å². The molecule has 1 unspecified atom stereocenters. The SMILES string of the molecule is C=Nc1ccc(C(c2cncn2C)C2CCCCC2)cc1/C(C#N)=C(\C)Cc1ccc(N/C=C\C=N)cc1. The van der Waals surface area contributed by atoms with E-state index in [0.29, 0.717) is 17.9 Å². The molecule has 1 fully saturated rings. The molecule has 1 aromatic heterocycles. The number of rotatable bonds is 10. The average molecular weight is 505 g/mol. The van der Waals surface area contributed by atoms with Crippen LogP contribution in [-0.2, 0) is 13.5 Å². The summed E-state index contributed by atoms with van der Waals surface area (Å²) in [7, 11) is 2.06. The van der Waals surface area contributed by atoms with Crippen molar-refractivity contribution in [3.8, 4) is 6.07 Å². The van der Waals surface area contributed by atoms with Gasteiger partial charge in [-0.15, -0.1) is 0 Å². The molecule has 38 heavy (non-hydrogen) atoms. The van der Waals surface area contributed by atoms with Gasteiger partial charge in [0.25, 0.3) is 0 Å². The van der Waals surface area contributed by atoms with Crippen LogP contribution in [0.2, 0.25) is 0 Å². The monoisotopic (exact) mass is 504 g/mol. The minimum atomic E-state index is 0.224. The Balaban J connectivity index is 1.70.